The van der Waals surface area contributed by atoms with Gasteiger partial charge in [-0.15, -0.1) is 0 Å². The van der Waals surface area contributed by atoms with Crippen molar-refractivity contribution in [1.29, 1.82) is 0 Å². The predicted molar refractivity (Wildman–Crippen MR) is 102 cm³/mol. The highest BCUT2D eigenvalue weighted by atomic mass is 16.4. The van der Waals surface area contributed by atoms with Crippen LogP contribution in [0, 0.1) is 0 Å². The maximum atomic E-state index is 12.3. The second kappa shape index (κ2) is 6.69. The molecule has 0 fully saturated rings. The van der Waals surface area contributed by atoms with Gasteiger partial charge in [0.25, 0.3) is 5.91 Å². The summed E-state index contributed by atoms with van der Waals surface area (Å²) in [5.74, 6) is -0.201. The minimum atomic E-state index is -0.407. The van der Waals surface area contributed by atoms with Crippen LogP contribution in [0.25, 0.3) is 22.1 Å². The van der Waals surface area contributed by atoms with E-state index in [1.807, 2.05) is 42.5 Å². The Hall–Kier alpha value is -3.66. The van der Waals surface area contributed by atoms with E-state index in [1.165, 1.54) is 0 Å². The number of hydrogen-bond acceptors (Lipinski definition) is 3. The topological polar surface area (TPSA) is 59.3 Å². The summed E-state index contributed by atoms with van der Waals surface area (Å²) in [6.07, 6.45) is 0. The highest BCUT2D eigenvalue weighted by molar-refractivity contribution is 6.04. The molecule has 4 heteroatoms. The number of carbonyl (C=O) groups is 1. The number of fused-ring (bicyclic) bond motifs is 1. The molecule has 0 aliphatic rings. The van der Waals surface area contributed by atoms with Crippen molar-refractivity contribution in [2.75, 3.05) is 5.32 Å². The van der Waals surface area contributed by atoms with Crippen molar-refractivity contribution in [1.82, 2.24) is 0 Å². The van der Waals surface area contributed by atoms with Crippen LogP contribution in [0.15, 0.2) is 94.1 Å². The summed E-state index contributed by atoms with van der Waals surface area (Å²) in [5, 5.41) is 3.70. The van der Waals surface area contributed by atoms with Crippen molar-refractivity contribution in [3.05, 3.63) is 101 Å². The van der Waals surface area contributed by atoms with Crippen molar-refractivity contribution in [3.63, 3.8) is 0 Å². The van der Waals surface area contributed by atoms with Gasteiger partial charge in [0.05, 0.1) is 5.56 Å². The van der Waals surface area contributed by atoms with E-state index in [9.17, 15) is 9.59 Å². The Labute approximate surface area is 149 Å². The van der Waals surface area contributed by atoms with Crippen LogP contribution in [0.2, 0.25) is 0 Å². The molecule has 1 aromatic heterocycles. The summed E-state index contributed by atoms with van der Waals surface area (Å²) in [4.78, 5) is 24.6. The lowest BCUT2D eigenvalue weighted by molar-refractivity contribution is 0.102. The van der Waals surface area contributed by atoms with E-state index in [0.29, 0.717) is 28.0 Å². The van der Waals surface area contributed by atoms with Crippen molar-refractivity contribution < 1.29 is 9.21 Å². The number of rotatable bonds is 3. The quantitative estimate of drug-likeness (QED) is 0.549. The van der Waals surface area contributed by atoms with E-state index in [4.69, 9.17) is 4.42 Å². The summed E-state index contributed by atoms with van der Waals surface area (Å²) < 4.78 is 5.39. The Morgan fingerprint density at radius 1 is 0.808 bits per heavy atom. The molecule has 3 aromatic carbocycles. The van der Waals surface area contributed by atoms with Gasteiger partial charge in [-0.1, -0.05) is 48.5 Å². The van der Waals surface area contributed by atoms with Crippen molar-refractivity contribution >= 4 is 22.6 Å². The van der Waals surface area contributed by atoms with Crippen LogP contribution >= 0.6 is 0 Å². The van der Waals surface area contributed by atoms with Crippen LogP contribution in [0.3, 0.4) is 0 Å². The first-order valence-electron chi connectivity index (χ1n) is 8.20. The van der Waals surface area contributed by atoms with Gasteiger partial charge in [0.2, 0.25) is 0 Å². The van der Waals surface area contributed by atoms with Crippen molar-refractivity contribution in [2.45, 2.75) is 0 Å². The van der Waals surface area contributed by atoms with Crippen LogP contribution in [0.1, 0.15) is 10.4 Å². The zero-order valence-corrected chi connectivity index (χ0v) is 13.8. The summed E-state index contributed by atoms with van der Waals surface area (Å²) >= 11 is 0. The molecule has 4 nitrogen and oxygen atoms in total. The highest BCUT2D eigenvalue weighted by Crippen LogP contribution is 2.23. The largest absolute Gasteiger partial charge is 0.422 e. The minimum Gasteiger partial charge on any atom is -0.422 e. The predicted octanol–water partition coefficient (Wildman–Crippen LogP) is 4.71. The van der Waals surface area contributed by atoms with Gasteiger partial charge in [-0.2, -0.15) is 0 Å². The van der Waals surface area contributed by atoms with Gasteiger partial charge >= 0.3 is 5.63 Å². The normalized spacial score (nSPS) is 10.6. The fraction of sp³-hybridized carbons (Fsp3) is 0. The number of anilines is 1. The first kappa shape index (κ1) is 15.8. The fourth-order valence-electron chi connectivity index (χ4n) is 2.82. The third-order valence-corrected chi connectivity index (χ3v) is 4.11. The van der Waals surface area contributed by atoms with Crippen LogP contribution in [0.4, 0.5) is 5.69 Å². The molecule has 0 aliphatic carbocycles. The molecule has 26 heavy (non-hydrogen) atoms. The van der Waals surface area contributed by atoms with Gasteiger partial charge in [-0.25, -0.2) is 4.79 Å². The Morgan fingerprint density at radius 3 is 2.42 bits per heavy atom. The lowest BCUT2D eigenvalue weighted by Gasteiger charge is -2.08. The zero-order valence-electron chi connectivity index (χ0n) is 13.8. The summed E-state index contributed by atoms with van der Waals surface area (Å²) in [6.45, 7) is 0. The van der Waals surface area contributed by atoms with Crippen molar-refractivity contribution in [2.24, 2.45) is 0 Å². The molecule has 0 radical (unpaired) electrons. The first-order chi connectivity index (χ1) is 12.7. The maximum absolute atomic E-state index is 12.3. The Morgan fingerprint density at radius 2 is 1.58 bits per heavy atom. The lowest BCUT2D eigenvalue weighted by atomic mass is 10.1. The molecule has 0 saturated heterocycles. The Bertz CT molecular complexity index is 1150. The zero-order chi connectivity index (χ0) is 17.9. The summed E-state index contributed by atoms with van der Waals surface area (Å²) in [7, 11) is 0. The van der Waals surface area contributed by atoms with Gasteiger partial charge in [0.15, 0.2) is 0 Å². The van der Waals surface area contributed by atoms with Gasteiger partial charge in [-0.05, 0) is 42.0 Å². The molecule has 126 valence electrons. The lowest BCUT2D eigenvalue weighted by Crippen LogP contribution is -2.11. The average molecular weight is 341 g/mol. The minimum absolute atomic E-state index is 0.201. The van der Waals surface area contributed by atoms with Crippen LogP contribution < -0.4 is 10.9 Å². The van der Waals surface area contributed by atoms with Gasteiger partial charge in [0, 0.05) is 16.6 Å². The molecular formula is C22H15NO3. The molecule has 0 spiro atoms. The standard InChI is InChI=1S/C22H15NO3/c24-21(15-7-2-1-3-8-15)23-18-11-6-10-16(13-18)19-14-17-9-4-5-12-20(17)26-22(19)25/h1-14H,(H,23,24). The average Bonchev–Trinajstić information content (AvgIpc) is 2.68. The van der Waals surface area contributed by atoms with Crippen LogP contribution in [0.5, 0.6) is 0 Å². The molecule has 0 aliphatic heterocycles. The van der Waals surface area contributed by atoms with Gasteiger partial charge < -0.3 is 9.73 Å². The van der Waals surface area contributed by atoms with E-state index in [-0.39, 0.29) is 5.91 Å². The maximum Gasteiger partial charge on any atom is 0.344 e. The molecule has 4 rings (SSSR count). The van der Waals surface area contributed by atoms with E-state index >= 15 is 0 Å². The molecule has 1 amide bonds. The Balaban J connectivity index is 1.69. The van der Waals surface area contributed by atoms with Crippen molar-refractivity contribution in [3.8, 4) is 11.1 Å². The van der Waals surface area contributed by atoms with Gasteiger partial charge in [-0.3, -0.25) is 4.79 Å². The van der Waals surface area contributed by atoms with Gasteiger partial charge in [0.1, 0.15) is 5.58 Å². The number of amides is 1. The monoisotopic (exact) mass is 341 g/mol. The molecular weight excluding hydrogens is 326 g/mol. The SMILES string of the molecule is O=C(Nc1cccc(-c2cc3ccccc3oc2=O)c1)c1ccccc1. The number of nitrogens with one attached hydrogen (secondary N) is 1. The smallest absolute Gasteiger partial charge is 0.344 e. The fourth-order valence-corrected chi connectivity index (χ4v) is 2.82. The molecule has 4 aromatic rings. The molecule has 0 unspecified atom stereocenters. The molecule has 0 bridgehead atoms. The molecule has 0 saturated carbocycles. The molecule has 1 N–H and O–H groups in total. The molecule has 1 heterocycles. The third kappa shape index (κ3) is 3.13. The number of hydrogen-bond donors (Lipinski definition) is 1. The second-order valence-corrected chi connectivity index (χ2v) is 5.89. The van der Waals surface area contributed by atoms with Crippen LogP contribution in [-0.2, 0) is 0 Å². The summed E-state index contributed by atoms with van der Waals surface area (Å²) in [5.41, 5.74) is 2.48. The van der Waals surface area contributed by atoms with E-state index < -0.39 is 5.63 Å². The van der Waals surface area contributed by atoms with Crippen LogP contribution in [-0.4, -0.2) is 5.91 Å². The van der Waals surface area contributed by atoms with E-state index in [1.54, 1.807) is 42.5 Å². The first-order valence-corrected chi connectivity index (χ1v) is 8.20. The third-order valence-electron chi connectivity index (χ3n) is 4.11. The Kier molecular flexibility index (Phi) is 4.07. The van der Waals surface area contributed by atoms with E-state index in [0.717, 1.165) is 5.39 Å². The summed E-state index contributed by atoms with van der Waals surface area (Å²) in [6, 6.07) is 25.3. The molecule has 0 atom stereocenters. The highest BCUT2D eigenvalue weighted by Gasteiger charge is 2.10. The second-order valence-electron chi connectivity index (χ2n) is 5.89. The van der Waals surface area contributed by atoms with E-state index in [2.05, 4.69) is 5.32 Å². The number of benzene rings is 3. The number of para-hydroxylation sites is 1. The number of carbonyl (C=O) groups excluding carboxylic acids is 1.